The van der Waals surface area contributed by atoms with Gasteiger partial charge in [0.2, 0.25) is 5.82 Å². The zero-order valence-electron chi connectivity index (χ0n) is 10.0. The molecule has 0 radical (unpaired) electrons. The van der Waals surface area contributed by atoms with E-state index in [1.807, 2.05) is 0 Å². The van der Waals surface area contributed by atoms with Crippen molar-refractivity contribution in [1.29, 1.82) is 0 Å². The summed E-state index contributed by atoms with van der Waals surface area (Å²) < 4.78 is 18.7. The Morgan fingerprint density at radius 2 is 2.06 bits per heavy atom. The van der Waals surface area contributed by atoms with Gasteiger partial charge in [0.15, 0.2) is 11.5 Å². The maximum absolute atomic E-state index is 13.8. The fourth-order valence-electron chi connectivity index (χ4n) is 2.77. The third-order valence-corrected chi connectivity index (χ3v) is 3.82. The van der Waals surface area contributed by atoms with Crippen LogP contribution in [0.5, 0.6) is 11.5 Å². The van der Waals surface area contributed by atoms with E-state index in [1.165, 1.54) is 7.11 Å². The average molecular weight is 239 g/mol. The predicted octanol–water partition coefficient (Wildman–Crippen LogP) is 2.31. The summed E-state index contributed by atoms with van der Waals surface area (Å²) in [6, 6.07) is 3.29. The number of hydrogen-bond acceptors (Lipinski definition) is 3. The summed E-state index contributed by atoms with van der Waals surface area (Å²) in [6.07, 6.45) is 3.96. The third-order valence-electron chi connectivity index (χ3n) is 3.82. The van der Waals surface area contributed by atoms with E-state index in [2.05, 4.69) is 0 Å². The monoisotopic (exact) mass is 239 g/mol. The number of methoxy groups -OCH3 is 1. The van der Waals surface area contributed by atoms with Crippen molar-refractivity contribution in [1.82, 2.24) is 0 Å². The van der Waals surface area contributed by atoms with Crippen LogP contribution in [-0.2, 0) is 5.41 Å². The van der Waals surface area contributed by atoms with E-state index >= 15 is 0 Å². The highest BCUT2D eigenvalue weighted by Gasteiger charge is 2.37. The second kappa shape index (κ2) is 4.53. The zero-order valence-corrected chi connectivity index (χ0v) is 10.0. The van der Waals surface area contributed by atoms with Gasteiger partial charge in [0.05, 0.1) is 7.11 Å². The molecule has 3 N–H and O–H groups in total. The van der Waals surface area contributed by atoms with Gasteiger partial charge in [0.1, 0.15) is 0 Å². The Morgan fingerprint density at radius 3 is 2.59 bits per heavy atom. The lowest BCUT2D eigenvalue weighted by atomic mass is 9.78. The molecule has 0 saturated heterocycles. The van der Waals surface area contributed by atoms with Crippen LogP contribution in [0, 0.1) is 5.82 Å². The molecule has 2 rings (SSSR count). The maximum atomic E-state index is 13.8. The topological polar surface area (TPSA) is 55.5 Å². The number of nitrogens with two attached hydrogens (primary N) is 1. The highest BCUT2D eigenvalue weighted by molar-refractivity contribution is 5.46. The van der Waals surface area contributed by atoms with Crippen LogP contribution in [0.3, 0.4) is 0 Å². The molecule has 0 aromatic heterocycles. The first-order chi connectivity index (χ1) is 8.14. The van der Waals surface area contributed by atoms with Crippen LogP contribution in [0.4, 0.5) is 4.39 Å². The van der Waals surface area contributed by atoms with E-state index in [1.54, 1.807) is 12.1 Å². The molecule has 0 amide bonds. The molecule has 1 aliphatic carbocycles. The zero-order chi connectivity index (χ0) is 12.5. The standard InChI is InChI=1S/C13H18FNO2/c1-17-10-5-4-9(12(16)11(10)14)13(8-15)6-2-3-7-13/h4-5,16H,2-3,6-8,15H2,1H3. The van der Waals surface area contributed by atoms with Crippen molar-refractivity contribution in [2.75, 3.05) is 13.7 Å². The number of halogens is 1. The Balaban J connectivity index is 2.48. The minimum Gasteiger partial charge on any atom is -0.505 e. The molecule has 0 atom stereocenters. The van der Waals surface area contributed by atoms with Crippen molar-refractivity contribution < 1.29 is 14.2 Å². The number of ether oxygens (including phenoxy) is 1. The Hall–Kier alpha value is -1.29. The van der Waals surface area contributed by atoms with Crippen molar-refractivity contribution in [3.63, 3.8) is 0 Å². The summed E-state index contributed by atoms with van der Waals surface area (Å²) in [6.45, 7) is 0.437. The Morgan fingerprint density at radius 1 is 1.41 bits per heavy atom. The number of hydrogen-bond donors (Lipinski definition) is 2. The second-order valence-electron chi connectivity index (χ2n) is 4.67. The lowest BCUT2D eigenvalue weighted by Crippen LogP contribution is -2.32. The Bertz CT molecular complexity index is 414. The van der Waals surface area contributed by atoms with Gasteiger partial charge >= 0.3 is 0 Å². The van der Waals surface area contributed by atoms with Crippen LogP contribution < -0.4 is 10.5 Å². The molecule has 0 spiro atoms. The summed E-state index contributed by atoms with van der Waals surface area (Å²) in [5.74, 6) is -0.933. The molecule has 17 heavy (non-hydrogen) atoms. The molecule has 0 unspecified atom stereocenters. The van der Waals surface area contributed by atoms with Gasteiger partial charge in [-0.25, -0.2) is 0 Å². The first-order valence-corrected chi connectivity index (χ1v) is 5.90. The molecule has 4 heteroatoms. The van der Waals surface area contributed by atoms with Crippen molar-refractivity contribution in [2.45, 2.75) is 31.1 Å². The summed E-state index contributed by atoms with van der Waals surface area (Å²) in [4.78, 5) is 0. The minimum absolute atomic E-state index is 0.0661. The van der Waals surface area contributed by atoms with Gasteiger partial charge in [-0.1, -0.05) is 18.9 Å². The Labute approximate surface area is 100 Å². The van der Waals surface area contributed by atoms with Crippen LogP contribution in [0.2, 0.25) is 0 Å². The van der Waals surface area contributed by atoms with Crippen LogP contribution in [0.1, 0.15) is 31.2 Å². The molecule has 1 aliphatic rings. The first-order valence-electron chi connectivity index (χ1n) is 5.90. The van der Waals surface area contributed by atoms with Crippen molar-refractivity contribution in [3.8, 4) is 11.5 Å². The molecule has 1 saturated carbocycles. The average Bonchev–Trinajstić information content (AvgIpc) is 2.82. The van der Waals surface area contributed by atoms with Crippen LogP contribution in [0.25, 0.3) is 0 Å². The normalized spacial score (nSPS) is 18.3. The molecule has 94 valence electrons. The SMILES string of the molecule is COc1ccc(C2(CN)CCCC2)c(O)c1F. The molecule has 1 fully saturated rings. The van der Waals surface area contributed by atoms with E-state index in [0.717, 1.165) is 25.7 Å². The van der Waals surface area contributed by atoms with Gasteiger partial charge in [-0.05, 0) is 18.9 Å². The van der Waals surface area contributed by atoms with Gasteiger partial charge in [0, 0.05) is 17.5 Å². The highest BCUT2D eigenvalue weighted by Crippen LogP contribution is 2.45. The number of rotatable bonds is 3. The molecular weight excluding hydrogens is 221 g/mol. The Kier molecular flexibility index (Phi) is 3.24. The number of phenolic OH excluding ortho intramolecular Hbond substituents is 1. The molecule has 0 bridgehead atoms. The highest BCUT2D eigenvalue weighted by atomic mass is 19.1. The van der Waals surface area contributed by atoms with E-state index < -0.39 is 5.82 Å². The van der Waals surface area contributed by atoms with Gasteiger partial charge in [-0.3, -0.25) is 0 Å². The van der Waals surface area contributed by atoms with E-state index in [9.17, 15) is 9.50 Å². The second-order valence-corrected chi connectivity index (χ2v) is 4.67. The van der Waals surface area contributed by atoms with Crippen molar-refractivity contribution in [2.24, 2.45) is 5.73 Å². The van der Waals surface area contributed by atoms with E-state index in [4.69, 9.17) is 10.5 Å². The quantitative estimate of drug-likeness (QED) is 0.851. The number of aromatic hydroxyl groups is 1. The maximum Gasteiger partial charge on any atom is 0.206 e. The van der Waals surface area contributed by atoms with Gasteiger partial charge in [0.25, 0.3) is 0 Å². The van der Waals surface area contributed by atoms with Crippen molar-refractivity contribution >= 4 is 0 Å². The summed E-state index contributed by atoms with van der Waals surface area (Å²) in [7, 11) is 1.38. The van der Waals surface area contributed by atoms with Gasteiger partial charge in [-0.2, -0.15) is 4.39 Å². The summed E-state index contributed by atoms with van der Waals surface area (Å²) in [5, 5.41) is 9.96. The molecule has 0 aliphatic heterocycles. The molecule has 1 aromatic carbocycles. The third kappa shape index (κ3) is 1.86. The molecule has 0 heterocycles. The van der Waals surface area contributed by atoms with Gasteiger partial charge in [-0.15, -0.1) is 0 Å². The van der Waals surface area contributed by atoms with Gasteiger partial charge < -0.3 is 15.6 Å². The van der Waals surface area contributed by atoms with Crippen LogP contribution in [-0.4, -0.2) is 18.8 Å². The van der Waals surface area contributed by atoms with E-state index in [-0.39, 0.29) is 16.9 Å². The summed E-state index contributed by atoms with van der Waals surface area (Å²) >= 11 is 0. The first kappa shape index (κ1) is 12.2. The summed E-state index contributed by atoms with van der Waals surface area (Å²) in [5.41, 5.74) is 6.18. The fraction of sp³-hybridized carbons (Fsp3) is 0.538. The molecule has 3 nitrogen and oxygen atoms in total. The number of phenols is 1. The minimum atomic E-state index is -0.690. The lowest BCUT2D eigenvalue weighted by Gasteiger charge is -2.28. The largest absolute Gasteiger partial charge is 0.505 e. The fourth-order valence-corrected chi connectivity index (χ4v) is 2.77. The van der Waals surface area contributed by atoms with Crippen LogP contribution >= 0.6 is 0 Å². The molecular formula is C13H18FNO2. The smallest absolute Gasteiger partial charge is 0.206 e. The molecule has 1 aromatic rings. The predicted molar refractivity (Wildman–Crippen MR) is 63.8 cm³/mol. The van der Waals surface area contributed by atoms with Crippen LogP contribution in [0.15, 0.2) is 12.1 Å². The lowest BCUT2D eigenvalue weighted by molar-refractivity contribution is 0.348. The van der Waals surface area contributed by atoms with Crippen molar-refractivity contribution in [3.05, 3.63) is 23.5 Å². The number of benzene rings is 1. The van der Waals surface area contributed by atoms with E-state index in [0.29, 0.717) is 12.1 Å².